The molecule has 6 nitrogen and oxygen atoms in total. The smallest absolute Gasteiger partial charge is 0.243 e. The summed E-state index contributed by atoms with van der Waals surface area (Å²) in [5.74, 6) is 0.660. The Balaban J connectivity index is 1.47. The van der Waals surface area contributed by atoms with Crippen LogP contribution in [0.1, 0.15) is 38.5 Å². The van der Waals surface area contributed by atoms with E-state index in [9.17, 15) is 13.2 Å². The van der Waals surface area contributed by atoms with Crippen LogP contribution in [0.25, 0.3) is 0 Å². The van der Waals surface area contributed by atoms with Gasteiger partial charge >= 0.3 is 0 Å². The van der Waals surface area contributed by atoms with Crippen LogP contribution in [-0.4, -0.2) is 61.5 Å². The molecule has 0 spiro atoms. The van der Waals surface area contributed by atoms with Gasteiger partial charge in [0.05, 0.1) is 10.6 Å². The maximum atomic E-state index is 13.1. The summed E-state index contributed by atoms with van der Waals surface area (Å²) in [7, 11) is -3.52. The van der Waals surface area contributed by atoms with Gasteiger partial charge in [-0.15, -0.1) is 11.8 Å². The molecule has 1 amide bonds. The zero-order chi connectivity index (χ0) is 18.9. The van der Waals surface area contributed by atoms with E-state index in [1.807, 2.05) is 6.07 Å². The quantitative estimate of drug-likeness (QED) is 0.831. The standard InChI is InChI=1S/C19H27N3O3S2/c23-19-8-13-26-18-5-4-16(14-17(18)20-19)27(24,25)22-11-6-15(7-12-22)21-9-2-1-3-10-21/h4-5,14-15H,1-3,6-13H2,(H,20,23). The monoisotopic (exact) mass is 409 g/mol. The van der Waals surface area contributed by atoms with Crippen LogP contribution in [0.5, 0.6) is 0 Å². The van der Waals surface area contributed by atoms with E-state index in [4.69, 9.17) is 0 Å². The number of carbonyl (C=O) groups excluding carboxylic acids is 1. The van der Waals surface area contributed by atoms with Crippen LogP contribution in [0.3, 0.4) is 0 Å². The SMILES string of the molecule is O=C1CCSc2ccc(S(=O)(=O)N3CCC(N4CCCCC4)CC3)cc2N1. The lowest BCUT2D eigenvalue weighted by Crippen LogP contribution is -2.48. The average Bonchev–Trinajstić information content (AvgIpc) is 2.88. The summed E-state index contributed by atoms with van der Waals surface area (Å²) in [6, 6.07) is 5.63. The van der Waals surface area contributed by atoms with Gasteiger partial charge in [0.25, 0.3) is 0 Å². The number of thioether (sulfide) groups is 1. The Morgan fingerprint density at radius 3 is 2.52 bits per heavy atom. The number of piperidine rings is 2. The van der Waals surface area contributed by atoms with E-state index in [1.165, 1.54) is 19.3 Å². The van der Waals surface area contributed by atoms with Crippen molar-refractivity contribution in [3.63, 3.8) is 0 Å². The van der Waals surface area contributed by atoms with Gasteiger partial charge in [-0.25, -0.2) is 8.42 Å². The summed E-state index contributed by atoms with van der Waals surface area (Å²) in [6.07, 6.45) is 6.09. The minimum Gasteiger partial charge on any atom is -0.325 e. The number of hydrogen-bond acceptors (Lipinski definition) is 5. The first-order valence-corrected chi connectivity index (χ1v) is 12.3. The minimum absolute atomic E-state index is 0.0573. The van der Waals surface area contributed by atoms with Crippen molar-refractivity contribution in [1.29, 1.82) is 0 Å². The Morgan fingerprint density at radius 2 is 1.78 bits per heavy atom. The van der Waals surface area contributed by atoms with Crippen molar-refractivity contribution in [2.75, 3.05) is 37.2 Å². The Morgan fingerprint density at radius 1 is 1.04 bits per heavy atom. The van der Waals surface area contributed by atoms with Crippen LogP contribution in [0, 0.1) is 0 Å². The third kappa shape index (κ3) is 4.18. The normalized spacial score (nSPS) is 23.5. The van der Waals surface area contributed by atoms with E-state index >= 15 is 0 Å². The molecule has 0 bridgehead atoms. The fourth-order valence-corrected chi connectivity index (χ4v) is 6.67. The van der Waals surface area contributed by atoms with E-state index in [-0.39, 0.29) is 10.8 Å². The van der Waals surface area contributed by atoms with Gasteiger partial charge in [-0.05, 0) is 57.0 Å². The van der Waals surface area contributed by atoms with Crippen LogP contribution in [-0.2, 0) is 14.8 Å². The fraction of sp³-hybridized carbons (Fsp3) is 0.632. The average molecular weight is 410 g/mol. The first-order chi connectivity index (χ1) is 13.0. The largest absolute Gasteiger partial charge is 0.325 e. The highest BCUT2D eigenvalue weighted by molar-refractivity contribution is 7.99. The maximum absolute atomic E-state index is 13.1. The van der Waals surface area contributed by atoms with Gasteiger partial charge in [-0.1, -0.05) is 6.42 Å². The second-order valence-electron chi connectivity index (χ2n) is 7.54. The molecule has 0 aliphatic carbocycles. The molecule has 8 heteroatoms. The Bertz CT molecular complexity index is 798. The van der Waals surface area contributed by atoms with Crippen molar-refractivity contribution in [2.45, 2.75) is 54.4 Å². The molecule has 0 unspecified atom stereocenters. The van der Waals surface area contributed by atoms with Crippen LogP contribution < -0.4 is 5.32 Å². The van der Waals surface area contributed by atoms with Gasteiger partial charge in [-0.2, -0.15) is 4.31 Å². The molecule has 1 aromatic carbocycles. The van der Waals surface area contributed by atoms with E-state index in [2.05, 4.69) is 10.2 Å². The highest BCUT2D eigenvalue weighted by atomic mass is 32.2. The maximum Gasteiger partial charge on any atom is 0.243 e. The molecule has 0 radical (unpaired) electrons. The number of anilines is 1. The number of nitrogens with zero attached hydrogens (tertiary/aromatic N) is 2. The molecule has 0 atom stereocenters. The molecule has 2 saturated heterocycles. The van der Waals surface area contributed by atoms with Gasteiger partial charge in [-0.3, -0.25) is 4.79 Å². The van der Waals surface area contributed by atoms with E-state index < -0.39 is 10.0 Å². The molecule has 2 fully saturated rings. The Labute approximate surface area is 165 Å². The second kappa shape index (κ2) is 8.11. The number of sulfonamides is 1. The number of hydrogen-bond donors (Lipinski definition) is 1. The third-order valence-electron chi connectivity index (χ3n) is 5.78. The first-order valence-electron chi connectivity index (χ1n) is 9.85. The third-order valence-corrected chi connectivity index (χ3v) is 8.75. The van der Waals surface area contributed by atoms with Gasteiger partial charge < -0.3 is 10.2 Å². The fourth-order valence-electron chi connectivity index (χ4n) is 4.24. The number of fused-ring (bicyclic) bond motifs is 1. The van der Waals surface area contributed by atoms with Crippen molar-refractivity contribution >= 4 is 33.4 Å². The van der Waals surface area contributed by atoms with E-state index in [0.29, 0.717) is 31.2 Å². The number of carbonyl (C=O) groups is 1. The van der Waals surface area contributed by atoms with Crippen molar-refractivity contribution in [2.24, 2.45) is 0 Å². The summed E-state index contributed by atoms with van der Waals surface area (Å²) in [5.41, 5.74) is 0.617. The second-order valence-corrected chi connectivity index (χ2v) is 10.6. The number of amides is 1. The molecular weight excluding hydrogens is 382 g/mol. The Kier molecular flexibility index (Phi) is 5.78. The lowest BCUT2D eigenvalue weighted by atomic mass is 10.0. The molecule has 1 aromatic rings. The van der Waals surface area contributed by atoms with Crippen LogP contribution in [0.4, 0.5) is 5.69 Å². The van der Waals surface area contributed by atoms with Crippen LogP contribution in [0.15, 0.2) is 28.0 Å². The molecule has 1 N–H and O–H groups in total. The molecule has 3 heterocycles. The van der Waals surface area contributed by atoms with Crippen LogP contribution >= 0.6 is 11.8 Å². The molecule has 0 aromatic heterocycles. The van der Waals surface area contributed by atoms with E-state index in [1.54, 1.807) is 28.2 Å². The Hall–Kier alpha value is -1.09. The summed E-state index contributed by atoms with van der Waals surface area (Å²) in [6.45, 7) is 3.45. The zero-order valence-electron chi connectivity index (χ0n) is 15.5. The predicted molar refractivity (Wildman–Crippen MR) is 108 cm³/mol. The minimum atomic E-state index is -3.52. The number of nitrogens with one attached hydrogen (secondary N) is 1. The summed E-state index contributed by atoms with van der Waals surface area (Å²) in [5, 5.41) is 2.84. The van der Waals surface area contributed by atoms with Gasteiger partial charge in [0.15, 0.2) is 0 Å². The first kappa shape index (κ1) is 19.2. The summed E-state index contributed by atoms with van der Waals surface area (Å²) in [4.78, 5) is 15.6. The lowest BCUT2D eigenvalue weighted by molar-refractivity contribution is -0.115. The molecule has 27 heavy (non-hydrogen) atoms. The lowest BCUT2D eigenvalue weighted by Gasteiger charge is -2.39. The molecule has 148 valence electrons. The number of likely N-dealkylation sites (tertiary alicyclic amines) is 1. The van der Waals surface area contributed by atoms with Crippen molar-refractivity contribution in [3.05, 3.63) is 18.2 Å². The number of rotatable bonds is 3. The number of benzene rings is 1. The summed E-state index contributed by atoms with van der Waals surface area (Å²) < 4.78 is 27.8. The molecule has 0 saturated carbocycles. The van der Waals surface area contributed by atoms with Gasteiger partial charge in [0, 0.05) is 36.2 Å². The molecule has 3 aliphatic rings. The van der Waals surface area contributed by atoms with Crippen LogP contribution in [0.2, 0.25) is 0 Å². The molecular formula is C19H27N3O3S2. The highest BCUT2D eigenvalue weighted by Gasteiger charge is 2.32. The highest BCUT2D eigenvalue weighted by Crippen LogP contribution is 2.34. The summed E-state index contributed by atoms with van der Waals surface area (Å²) >= 11 is 1.59. The van der Waals surface area contributed by atoms with Crippen molar-refractivity contribution < 1.29 is 13.2 Å². The van der Waals surface area contributed by atoms with Gasteiger partial charge in [0.1, 0.15) is 0 Å². The van der Waals surface area contributed by atoms with Crippen molar-refractivity contribution in [1.82, 2.24) is 9.21 Å². The topological polar surface area (TPSA) is 69.7 Å². The van der Waals surface area contributed by atoms with Gasteiger partial charge in [0.2, 0.25) is 15.9 Å². The molecule has 3 aliphatic heterocycles. The zero-order valence-corrected chi connectivity index (χ0v) is 17.2. The predicted octanol–water partition coefficient (Wildman–Crippen LogP) is 2.76. The van der Waals surface area contributed by atoms with Crippen molar-refractivity contribution in [3.8, 4) is 0 Å². The van der Waals surface area contributed by atoms with E-state index in [0.717, 1.165) is 36.6 Å². The molecule has 4 rings (SSSR count).